The summed E-state index contributed by atoms with van der Waals surface area (Å²) in [6, 6.07) is 11.0. The fourth-order valence-electron chi connectivity index (χ4n) is 3.45. The third-order valence-electron chi connectivity index (χ3n) is 5.19. The van der Waals surface area contributed by atoms with Crippen LogP contribution >= 0.6 is 11.6 Å². The topological polar surface area (TPSA) is 96.0 Å². The van der Waals surface area contributed by atoms with Gasteiger partial charge in [-0.1, -0.05) is 23.7 Å². The largest absolute Gasteiger partial charge is 0.497 e. The molecule has 2 rings (SSSR count). The van der Waals surface area contributed by atoms with Crippen LogP contribution in [0.5, 0.6) is 5.75 Å². The second kappa shape index (κ2) is 11.6. The predicted octanol–water partition coefficient (Wildman–Crippen LogP) is 3.36. The van der Waals surface area contributed by atoms with E-state index in [1.54, 1.807) is 57.4 Å². The Morgan fingerprint density at radius 1 is 1.12 bits per heavy atom. The standard InChI is InChI=1S/C24H32ClN3O5S/c1-16(2)26-24(30)18(4)27(14-19-8-7-9-21(13-19)33-5)23(29)15-28(34(6,31)32)22-11-10-20(25)12-17(22)3/h7-13,16,18H,14-15H2,1-6H3,(H,26,30)/t18-/m1/s1. The summed E-state index contributed by atoms with van der Waals surface area (Å²) < 4.78 is 31.6. The molecule has 8 nitrogen and oxygen atoms in total. The Hall–Kier alpha value is -2.78. The van der Waals surface area contributed by atoms with Crippen LogP contribution in [-0.2, 0) is 26.2 Å². The molecule has 0 aliphatic rings. The summed E-state index contributed by atoms with van der Waals surface area (Å²) in [4.78, 5) is 27.7. The number of halogens is 1. The molecule has 0 unspecified atom stereocenters. The highest BCUT2D eigenvalue weighted by Gasteiger charge is 2.30. The van der Waals surface area contributed by atoms with E-state index in [0.717, 1.165) is 16.1 Å². The number of anilines is 1. The summed E-state index contributed by atoms with van der Waals surface area (Å²) in [6.07, 6.45) is 1.04. The van der Waals surface area contributed by atoms with Crippen molar-refractivity contribution in [2.75, 3.05) is 24.2 Å². The van der Waals surface area contributed by atoms with Gasteiger partial charge in [0.1, 0.15) is 18.3 Å². The van der Waals surface area contributed by atoms with Gasteiger partial charge in [-0.25, -0.2) is 8.42 Å². The zero-order chi connectivity index (χ0) is 25.6. The monoisotopic (exact) mass is 509 g/mol. The van der Waals surface area contributed by atoms with E-state index in [1.165, 1.54) is 4.90 Å². The highest BCUT2D eigenvalue weighted by molar-refractivity contribution is 7.92. The summed E-state index contributed by atoms with van der Waals surface area (Å²) in [5.74, 6) is -0.243. The molecule has 1 N–H and O–H groups in total. The second-order valence-electron chi connectivity index (χ2n) is 8.41. The number of benzene rings is 2. The first-order valence-electron chi connectivity index (χ1n) is 10.8. The Bertz CT molecular complexity index is 1140. The molecule has 0 saturated carbocycles. The van der Waals surface area contributed by atoms with Crippen molar-refractivity contribution in [2.24, 2.45) is 0 Å². The van der Waals surface area contributed by atoms with Gasteiger partial charge in [-0.15, -0.1) is 0 Å². The number of hydrogen-bond acceptors (Lipinski definition) is 5. The molecule has 2 aromatic rings. The molecule has 2 amide bonds. The van der Waals surface area contributed by atoms with Gasteiger partial charge in [0.05, 0.1) is 19.1 Å². The van der Waals surface area contributed by atoms with E-state index in [-0.39, 0.29) is 18.5 Å². The molecule has 0 spiro atoms. The predicted molar refractivity (Wildman–Crippen MR) is 135 cm³/mol. The number of rotatable bonds is 10. The molecule has 2 aromatic carbocycles. The van der Waals surface area contributed by atoms with E-state index < -0.39 is 28.5 Å². The summed E-state index contributed by atoms with van der Waals surface area (Å²) in [7, 11) is -2.27. The van der Waals surface area contributed by atoms with Crippen LogP contribution < -0.4 is 14.4 Å². The van der Waals surface area contributed by atoms with Crippen molar-refractivity contribution in [3.8, 4) is 5.75 Å². The van der Waals surface area contributed by atoms with E-state index in [0.29, 0.717) is 22.0 Å². The zero-order valence-corrected chi connectivity index (χ0v) is 21.9. The molecule has 0 fully saturated rings. The van der Waals surface area contributed by atoms with Crippen LogP contribution in [0.2, 0.25) is 5.02 Å². The Labute approximate surface area is 206 Å². The number of sulfonamides is 1. The quantitative estimate of drug-likeness (QED) is 0.529. The number of carbonyl (C=O) groups excluding carboxylic acids is 2. The maximum Gasteiger partial charge on any atom is 0.244 e. The highest BCUT2D eigenvalue weighted by atomic mass is 35.5. The first-order chi connectivity index (χ1) is 15.8. The maximum absolute atomic E-state index is 13.5. The van der Waals surface area contributed by atoms with E-state index in [9.17, 15) is 18.0 Å². The zero-order valence-electron chi connectivity index (χ0n) is 20.3. The molecular formula is C24H32ClN3O5S. The van der Waals surface area contributed by atoms with Crippen LogP contribution in [0.15, 0.2) is 42.5 Å². The van der Waals surface area contributed by atoms with E-state index in [4.69, 9.17) is 16.3 Å². The first kappa shape index (κ1) is 27.5. The summed E-state index contributed by atoms with van der Waals surface area (Å²) in [5, 5.41) is 3.27. The molecule has 0 saturated heterocycles. The Balaban J connectivity index is 2.44. The van der Waals surface area contributed by atoms with Crippen molar-refractivity contribution in [3.63, 3.8) is 0 Å². The third-order valence-corrected chi connectivity index (χ3v) is 6.55. The Morgan fingerprint density at radius 3 is 2.35 bits per heavy atom. The summed E-state index contributed by atoms with van der Waals surface area (Å²) in [6.45, 7) is 6.62. The van der Waals surface area contributed by atoms with Crippen LogP contribution in [-0.4, -0.2) is 57.1 Å². The molecule has 0 radical (unpaired) electrons. The maximum atomic E-state index is 13.5. The minimum atomic E-state index is -3.81. The van der Waals surface area contributed by atoms with Crippen LogP contribution in [0.4, 0.5) is 5.69 Å². The number of nitrogens with one attached hydrogen (secondary N) is 1. The van der Waals surface area contributed by atoms with Crippen molar-refractivity contribution in [1.29, 1.82) is 0 Å². The van der Waals surface area contributed by atoms with E-state index in [1.807, 2.05) is 19.9 Å². The first-order valence-corrected chi connectivity index (χ1v) is 13.0. The lowest BCUT2D eigenvalue weighted by atomic mass is 10.1. The van der Waals surface area contributed by atoms with E-state index in [2.05, 4.69) is 5.32 Å². The molecule has 0 aliphatic carbocycles. The lowest BCUT2D eigenvalue weighted by Crippen LogP contribution is -2.52. The molecule has 0 aromatic heterocycles. The van der Waals surface area contributed by atoms with Crippen LogP contribution in [0.25, 0.3) is 0 Å². The number of carbonyl (C=O) groups is 2. The van der Waals surface area contributed by atoms with Gasteiger partial charge in [-0.2, -0.15) is 0 Å². The molecule has 0 bridgehead atoms. The molecule has 186 valence electrons. The van der Waals surface area contributed by atoms with Crippen molar-refractivity contribution in [1.82, 2.24) is 10.2 Å². The van der Waals surface area contributed by atoms with Gasteiger partial charge in [0.2, 0.25) is 21.8 Å². The van der Waals surface area contributed by atoms with Crippen LogP contribution in [0, 0.1) is 6.92 Å². The number of hydrogen-bond donors (Lipinski definition) is 1. The highest BCUT2D eigenvalue weighted by Crippen LogP contribution is 2.26. The van der Waals surface area contributed by atoms with Gasteiger partial charge in [0, 0.05) is 17.6 Å². The van der Waals surface area contributed by atoms with Crippen LogP contribution in [0.3, 0.4) is 0 Å². The second-order valence-corrected chi connectivity index (χ2v) is 10.8. The summed E-state index contributed by atoms with van der Waals surface area (Å²) in [5.41, 5.74) is 1.70. The fourth-order valence-corrected chi connectivity index (χ4v) is 4.58. The van der Waals surface area contributed by atoms with Crippen LogP contribution in [0.1, 0.15) is 31.9 Å². The van der Waals surface area contributed by atoms with Gasteiger partial charge in [0.15, 0.2) is 0 Å². The SMILES string of the molecule is COc1cccc(CN(C(=O)CN(c2ccc(Cl)cc2C)S(C)(=O)=O)[C@H](C)C(=O)NC(C)C)c1. The lowest BCUT2D eigenvalue weighted by Gasteiger charge is -2.32. The van der Waals surface area contributed by atoms with Gasteiger partial charge < -0.3 is 15.0 Å². The van der Waals surface area contributed by atoms with Gasteiger partial charge in [-0.05, 0) is 69.2 Å². The van der Waals surface area contributed by atoms with Gasteiger partial charge >= 0.3 is 0 Å². The number of aryl methyl sites for hydroxylation is 1. The van der Waals surface area contributed by atoms with E-state index >= 15 is 0 Å². The third kappa shape index (κ3) is 7.36. The average Bonchev–Trinajstić information content (AvgIpc) is 2.74. The smallest absolute Gasteiger partial charge is 0.244 e. The van der Waals surface area contributed by atoms with Crippen molar-refractivity contribution >= 4 is 39.1 Å². The molecule has 10 heteroatoms. The average molecular weight is 510 g/mol. The van der Waals surface area contributed by atoms with Crippen molar-refractivity contribution in [3.05, 3.63) is 58.6 Å². The molecular weight excluding hydrogens is 478 g/mol. The normalized spacial score (nSPS) is 12.2. The Morgan fingerprint density at radius 2 is 1.79 bits per heavy atom. The number of ether oxygens (including phenoxy) is 1. The van der Waals surface area contributed by atoms with Crippen molar-refractivity contribution in [2.45, 2.75) is 46.3 Å². The lowest BCUT2D eigenvalue weighted by molar-refractivity contribution is -0.139. The minimum Gasteiger partial charge on any atom is -0.497 e. The number of methoxy groups -OCH3 is 1. The fraction of sp³-hybridized carbons (Fsp3) is 0.417. The molecule has 1 atom stereocenters. The Kier molecular flexibility index (Phi) is 9.35. The number of nitrogens with zero attached hydrogens (tertiary/aromatic N) is 2. The molecule has 0 aliphatic heterocycles. The molecule has 0 heterocycles. The van der Waals surface area contributed by atoms with Gasteiger partial charge in [-0.3, -0.25) is 13.9 Å². The molecule has 34 heavy (non-hydrogen) atoms. The summed E-state index contributed by atoms with van der Waals surface area (Å²) >= 11 is 6.03. The minimum absolute atomic E-state index is 0.0971. The van der Waals surface area contributed by atoms with Crippen molar-refractivity contribution < 1.29 is 22.7 Å². The van der Waals surface area contributed by atoms with Gasteiger partial charge in [0.25, 0.3) is 0 Å². The number of amides is 2.